The van der Waals surface area contributed by atoms with Crippen LogP contribution in [0.4, 0.5) is 0 Å². The molecule has 0 aliphatic heterocycles. The van der Waals surface area contributed by atoms with Gasteiger partial charge in [-0.05, 0) is 6.92 Å². The highest BCUT2D eigenvalue weighted by atomic mass is 32.1. The third kappa shape index (κ3) is 2.59. The Bertz CT molecular complexity index is 82.1. The highest BCUT2D eigenvalue weighted by Crippen LogP contribution is 1.89. The first-order valence-electron chi connectivity index (χ1n) is 2.23. The number of nitrogens with one attached hydrogen (secondary N) is 1. The second-order valence-corrected chi connectivity index (χ2v) is 2.10. The van der Waals surface area contributed by atoms with E-state index >= 15 is 0 Å². The minimum atomic E-state index is -0.207. The molecule has 0 aromatic carbocycles. The fraction of sp³-hybridized carbons (Fsp3) is 0.750. The Morgan fingerprint density at radius 1 is 1.88 bits per heavy atom. The summed E-state index contributed by atoms with van der Waals surface area (Å²) in [4.78, 5) is 10.4. The van der Waals surface area contributed by atoms with Crippen molar-refractivity contribution < 1.29 is 4.79 Å². The molecule has 2 nitrogen and oxygen atoms in total. The third-order valence-electron chi connectivity index (χ3n) is 0.829. The Balaban J connectivity index is 3.52. The van der Waals surface area contributed by atoms with Gasteiger partial charge in [0.15, 0.2) is 0 Å². The lowest BCUT2D eigenvalue weighted by Gasteiger charge is -2.05. The molecule has 0 heterocycles. The number of ketones is 1. The number of carbonyl (C=O) groups excluding carboxylic acids is 1. The fourth-order valence-corrected chi connectivity index (χ4v) is 1.03. The van der Waals surface area contributed by atoms with Crippen LogP contribution in [0.3, 0.4) is 0 Å². The highest BCUT2D eigenvalue weighted by molar-refractivity contribution is 7.80. The van der Waals surface area contributed by atoms with Gasteiger partial charge in [0.25, 0.3) is 0 Å². The SMILES string of the molecule is CC(=O)[C@H](CS)NS. The van der Waals surface area contributed by atoms with E-state index < -0.39 is 0 Å². The Kier molecular flexibility index (Phi) is 4.41. The van der Waals surface area contributed by atoms with Crippen molar-refractivity contribution in [1.82, 2.24) is 4.72 Å². The first-order chi connectivity index (χ1) is 3.72. The van der Waals surface area contributed by atoms with Crippen molar-refractivity contribution in [3.63, 3.8) is 0 Å². The van der Waals surface area contributed by atoms with Crippen LogP contribution in [0.5, 0.6) is 0 Å². The van der Waals surface area contributed by atoms with Crippen molar-refractivity contribution in [3.05, 3.63) is 0 Å². The van der Waals surface area contributed by atoms with E-state index in [9.17, 15) is 4.79 Å². The zero-order chi connectivity index (χ0) is 6.57. The molecule has 8 heavy (non-hydrogen) atoms. The van der Waals surface area contributed by atoms with Gasteiger partial charge >= 0.3 is 0 Å². The molecule has 0 saturated carbocycles. The van der Waals surface area contributed by atoms with Gasteiger partial charge in [-0.25, -0.2) is 0 Å². The summed E-state index contributed by atoms with van der Waals surface area (Å²) in [5.74, 6) is 0.564. The second kappa shape index (κ2) is 4.23. The summed E-state index contributed by atoms with van der Waals surface area (Å²) in [5.41, 5.74) is 0. The molecule has 0 amide bonds. The van der Waals surface area contributed by atoms with Crippen LogP contribution in [-0.4, -0.2) is 17.6 Å². The molecule has 0 aromatic heterocycles. The Labute approximate surface area is 60.0 Å². The van der Waals surface area contributed by atoms with Crippen molar-refractivity contribution in [2.24, 2.45) is 0 Å². The highest BCUT2D eigenvalue weighted by Gasteiger charge is 2.07. The summed E-state index contributed by atoms with van der Waals surface area (Å²) in [7, 11) is 0. The maximum atomic E-state index is 10.4. The molecule has 0 rings (SSSR count). The third-order valence-corrected chi connectivity index (χ3v) is 1.51. The Hall–Kier alpha value is 0.330. The molecule has 4 heteroatoms. The van der Waals surface area contributed by atoms with Gasteiger partial charge < -0.3 is 0 Å². The van der Waals surface area contributed by atoms with Crippen molar-refractivity contribution >= 4 is 31.2 Å². The topological polar surface area (TPSA) is 29.1 Å². The number of Topliss-reactive ketones (excluding diaryl/α,β-unsaturated/α-hetero) is 1. The monoisotopic (exact) mass is 151 g/mol. The summed E-state index contributed by atoms with van der Waals surface area (Å²) >= 11 is 7.62. The Morgan fingerprint density at radius 2 is 2.38 bits per heavy atom. The van der Waals surface area contributed by atoms with Crippen molar-refractivity contribution in [1.29, 1.82) is 0 Å². The molecule has 0 aliphatic carbocycles. The molecular formula is C4H9NOS2. The first-order valence-corrected chi connectivity index (χ1v) is 3.31. The van der Waals surface area contributed by atoms with E-state index in [1.54, 1.807) is 0 Å². The van der Waals surface area contributed by atoms with Gasteiger partial charge in [-0.2, -0.15) is 12.6 Å². The summed E-state index contributed by atoms with van der Waals surface area (Å²) in [6.07, 6.45) is 0. The van der Waals surface area contributed by atoms with Crippen molar-refractivity contribution in [2.45, 2.75) is 13.0 Å². The molecule has 1 N–H and O–H groups in total. The summed E-state index contributed by atoms with van der Waals surface area (Å²) in [5, 5.41) is 0. The molecule has 0 unspecified atom stereocenters. The normalized spacial score (nSPS) is 13.4. The molecule has 0 saturated heterocycles. The second-order valence-electron chi connectivity index (χ2n) is 1.47. The summed E-state index contributed by atoms with van der Waals surface area (Å²) in [6.45, 7) is 1.50. The van der Waals surface area contributed by atoms with Crippen LogP contribution in [0.2, 0.25) is 0 Å². The van der Waals surface area contributed by atoms with Gasteiger partial charge in [0.1, 0.15) is 5.78 Å². The number of hydrogen-bond acceptors (Lipinski definition) is 4. The smallest absolute Gasteiger partial charge is 0.148 e. The van der Waals surface area contributed by atoms with Gasteiger partial charge in [0.05, 0.1) is 6.04 Å². The number of rotatable bonds is 3. The van der Waals surface area contributed by atoms with Crippen LogP contribution in [0.15, 0.2) is 0 Å². The van der Waals surface area contributed by atoms with Gasteiger partial charge in [-0.3, -0.25) is 9.52 Å². The fourth-order valence-electron chi connectivity index (χ4n) is 0.260. The van der Waals surface area contributed by atoms with Crippen LogP contribution in [-0.2, 0) is 4.79 Å². The average molecular weight is 151 g/mol. The van der Waals surface area contributed by atoms with Crippen molar-refractivity contribution in [3.8, 4) is 0 Å². The van der Waals surface area contributed by atoms with Gasteiger partial charge in [0.2, 0.25) is 0 Å². The predicted molar refractivity (Wildman–Crippen MR) is 40.4 cm³/mol. The molecule has 0 aliphatic rings. The van der Waals surface area contributed by atoms with E-state index in [4.69, 9.17) is 0 Å². The summed E-state index contributed by atoms with van der Waals surface area (Å²) in [6, 6.07) is -0.207. The molecule has 1 atom stereocenters. The molecule has 0 aromatic rings. The molecule has 0 spiro atoms. The molecule has 0 bridgehead atoms. The van der Waals surface area contributed by atoms with Crippen LogP contribution < -0.4 is 4.72 Å². The number of carbonyl (C=O) groups is 1. The zero-order valence-corrected chi connectivity index (χ0v) is 6.38. The van der Waals surface area contributed by atoms with Crippen LogP contribution in [0.1, 0.15) is 6.92 Å². The van der Waals surface area contributed by atoms with Crippen LogP contribution in [0.25, 0.3) is 0 Å². The minimum Gasteiger partial charge on any atom is -0.298 e. The van der Waals surface area contributed by atoms with E-state index in [0.717, 1.165) is 0 Å². The molecule has 0 fully saturated rings. The van der Waals surface area contributed by atoms with Gasteiger partial charge in [-0.15, -0.1) is 0 Å². The zero-order valence-electron chi connectivity index (χ0n) is 4.59. The largest absolute Gasteiger partial charge is 0.298 e. The minimum absolute atomic E-state index is 0.0648. The maximum Gasteiger partial charge on any atom is 0.148 e. The molecular weight excluding hydrogens is 142 g/mol. The standard InChI is InChI=1S/C4H9NOS2/c1-3(6)4(2-7)5-8/h4-5,7-8H,2H2,1H3/t4-/m0/s1. The first kappa shape index (κ1) is 8.33. The Morgan fingerprint density at radius 3 is 2.38 bits per heavy atom. The predicted octanol–water partition coefficient (Wildman–Crippen LogP) is 0.308. The number of hydrogen-bond donors (Lipinski definition) is 3. The molecule has 48 valence electrons. The lowest BCUT2D eigenvalue weighted by atomic mass is 10.3. The van der Waals surface area contributed by atoms with Crippen LogP contribution in [0, 0.1) is 0 Å². The van der Waals surface area contributed by atoms with Crippen LogP contribution >= 0.6 is 25.4 Å². The van der Waals surface area contributed by atoms with E-state index in [0.29, 0.717) is 5.75 Å². The van der Waals surface area contributed by atoms with E-state index in [-0.39, 0.29) is 11.8 Å². The van der Waals surface area contributed by atoms with Crippen molar-refractivity contribution in [2.75, 3.05) is 5.75 Å². The summed E-state index contributed by atoms with van der Waals surface area (Å²) < 4.78 is 2.52. The molecule has 0 radical (unpaired) electrons. The quantitative estimate of drug-likeness (QED) is 0.507. The lowest BCUT2D eigenvalue weighted by molar-refractivity contribution is -0.118. The van der Waals surface area contributed by atoms with E-state index in [1.807, 2.05) is 0 Å². The van der Waals surface area contributed by atoms with Gasteiger partial charge in [-0.1, -0.05) is 12.8 Å². The average Bonchev–Trinajstić information content (AvgIpc) is 1.69. The van der Waals surface area contributed by atoms with E-state index in [2.05, 4.69) is 30.2 Å². The lowest BCUT2D eigenvalue weighted by Crippen LogP contribution is -2.30. The number of thiol groups is 2. The van der Waals surface area contributed by atoms with E-state index in [1.165, 1.54) is 6.92 Å². The van der Waals surface area contributed by atoms with Gasteiger partial charge in [0, 0.05) is 5.75 Å². The maximum absolute atomic E-state index is 10.4.